The number of nitrogens with zero attached hydrogens (tertiary/aromatic N) is 1. The van der Waals surface area contributed by atoms with Crippen molar-refractivity contribution in [3.8, 4) is 0 Å². The van der Waals surface area contributed by atoms with Gasteiger partial charge in [-0.25, -0.2) is 16.8 Å². The van der Waals surface area contributed by atoms with Crippen molar-refractivity contribution in [3.05, 3.63) is 56.9 Å². The fraction of sp³-hybridized carbons (Fsp3) is 0.458. The van der Waals surface area contributed by atoms with Crippen LogP contribution in [0.15, 0.2) is 45.7 Å². The topological polar surface area (TPSA) is 92.1 Å². The first-order valence-corrected chi connectivity index (χ1v) is 14.6. The summed E-state index contributed by atoms with van der Waals surface area (Å²) in [6.45, 7) is 10.8. The number of hydrogen-bond acceptors (Lipinski definition) is 5. The molecule has 6 nitrogen and oxygen atoms in total. The number of alkyl halides is 6. The van der Waals surface area contributed by atoms with Crippen molar-refractivity contribution in [1.29, 1.82) is 5.41 Å². The fourth-order valence-corrected chi connectivity index (χ4v) is 6.73. The first-order valence-electron chi connectivity index (χ1n) is 11.6. The number of halogens is 6. The Labute approximate surface area is 218 Å². The van der Waals surface area contributed by atoms with E-state index in [9.17, 15) is 43.2 Å². The summed E-state index contributed by atoms with van der Waals surface area (Å²) in [6, 6.07) is 5.69. The smallest absolute Gasteiger partial charge is 0.326 e. The van der Waals surface area contributed by atoms with Gasteiger partial charge in [0.15, 0.2) is 0 Å². The minimum Gasteiger partial charge on any atom is -0.326 e. The SMILES string of the molecule is CCC[N+](C)(CC)CCC.N=C1C2=Cc3ccccc3C2=CC(S(=O)(=O)C(F)(F)F)=C1S(=O)(=O)C(F)(F)F. The zero-order valence-electron chi connectivity index (χ0n) is 21.2. The van der Waals surface area contributed by atoms with Crippen molar-refractivity contribution in [1.82, 2.24) is 0 Å². The van der Waals surface area contributed by atoms with Crippen LogP contribution in [0.2, 0.25) is 0 Å². The lowest BCUT2D eigenvalue weighted by Gasteiger charge is -2.32. The number of quaternary nitrogens is 1. The maximum Gasteiger partial charge on any atom is 0.502 e. The lowest BCUT2D eigenvalue weighted by atomic mass is 9.95. The van der Waals surface area contributed by atoms with E-state index < -0.39 is 51.8 Å². The number of benzene rings is 1. The third kappa shape index (κ3) is 5.91. The highest BCUT2D eigenvalue weighted by atomic mass is 32.2. The summed E-state index contributed by atoms with van der Waals surface area (Å²) in [5.74, 6) is 0. The molecule has 0 spiro atoms. The van der Waals surface area contributed by atoms with E-state index in [4.69, 9.17) is 5.41 Å². The van der Waals surface area contributed by atoms with Crippen LogP contribution in [-0.4, -0.2) is 64.7 Å². The van der Waals surface area contributed by atoms with Gasteiger partial charge in [0.25, 0.3) is 19.7 Å². The van der Waals surface area contributed by atoms with E-state index >= 15 is 0 Å². The fourth-order valence-electron chi connectivity index (χ4n) is 4.27. The van der Waals surface area contributed by atoms with Crippen LogP contribution in [-0.2, 0) is 19.7 Å². The molecule has 1 aromatic rings. The Bertz CT molecular complexity index is 1400. The maximum atomic E-state index is 13.0. The molecule has 0 heterocycles. The molecule has 0 aromatic heterocycles. The van der Waals surface area contributed by atoms with Crippen molar-refractivity contribution in [2.24, 2.45) is 0 Å². The lowest BCUT2D eigenvalue weighted by Crippen LogP contribution is -2.44. The highest BCUT2D eigenvalue weighted by Crippen LogP contribution is 2.47. The summed E-state index contributed by atoms with van der Waals surface area (Å²) in [5.41, 5.74) is -13.9. The summed E-state index contributed by atoms with van der Waals surface area (Å²) < 4.78 is 127. The predicted octanol–water partition coefficient (Wildman–Crippen LogP) is 5.85. The van der Waals surface area contributed by atoms with Gasteiger partial charge in [0, 0.05) is 5.57 Å². The number of allylic oxidation sites excluding steroid dienone is 4. The second-order valence-electron chi connectivity index (χ2n) is 9.05. The summed E-state index contributed by atoms with van der Waals surface area (Å²) in [4.78, 5) is -4.38. The number of nitrogens with one attached hydrogen (secondary N) is 1. The maximum absolute atomic E-state index is 13.0. The van der Waals surface area contributed by atoms with Gasteiger partial charge in [-0.3, -0.25) is 5.41 Å². The van der Waals surface area contributed by atoms with Gasteiger partial charge in [0.1, 0.15) is 4.91 Å². The molecule has 0 atom stereocenters. The van der Waals surface area contributed by atoms with E-state index in [0.717, 1.165) is 6.08 Å². The predicted molar refractivity (Wildman–Crippen MR) is 134 cm³/mol. The quantitative estimate of drug-likeness (QED) is 0.320. The largest absolute Gasteiger partial charge is 0.502 e. The number of sulfone groups is 2. The van der Waals surface area contributed by atoms with Crippen LogP contribution in [0.25, 0.3) is 11.6 Å². The van der Waals surface area contributed by atoms with Crippen molar-refractivity contribution in [2.75, 3.05) is 26.7 Å². The molecule has 14 heteroatoms. The third-order valence-corrected chi connectivity index (χ3v) is 9.51. The molecule has 1 aromatic carbocycles. The van der Waals surface area contributed by atoms with Crippen molar-refractivity contribution >= 4 is 37.0 Å². The molecule has 0 bridgehead atoms. The van der Waals surface area contributed by atoms with Crippen LogP contribution in [0, 0.1) is 5.41 Å². The molecule has 1 N–H and O–H groups in total. The van der Waals surface area contributed by atoms with Crippen molar-refractivity contribution in [2.45, 2.75) is 44.6 Å². The van der Waals surface area contributed by atoms with E-state index in [0.29, 0.717) is 0 Å². The van der Waals surface area contributed by atoms with Crippen molar-refractivity contribution in [3.63, 3.8) is 0 Å². The van der Waals surface area contributed by atoms with Gasteiger partial charge in [-0.1, -0.05) is 38.1 Å². The highest BCUT2D eigenvalue weighted by molar-refractivity contribution is 8.00. The Balaban J connectivity index is 0.000000432. The third-order valence-electron chi connectivity index (χ3n) is 6.29. The van der Waals surface area contributed by atoms with E-state index in [1.54, 1.807) is 0 Å². The molecule has 0 fully saturated rings. The zero-order valence-corrected chi connectivity index (χ0v) is 22.8. The Hall–Kier alpha value is -2.45. The minimum absolute atomic E-state index is 0.153. The van der Waals surface area contributed by atoms with Crippen molar-refractivity contribution < 1.29 is 47.7 Å². The van der Waals surface area contributed by atoms with Crippen LogP contribution in [0.4, 0.5) is 26.3 Å². The Kier molecular flexibility index (Phi) is 9.17. The molecule has 2 aliphatic carbocycles. The van der Waals surface area contributed by atoms with Gasteiger partial charge < -0.3 is 4.48 Å². The average molecular weight is 588 g/mol. The second-order valence-corrected chi connectivity index (χ2v) is 12.8. The van der Waals surface area contributed by atoms with E-state index in [2.05, 4.69) is 27.8 Å². The standard InChI is InChI=1S/C15H7F6NO4S2.C9H22N/c16-14(17,18)27(23,24)11-6-9-8-4-2-1-3-7(8)5-10(9)12(22)13(11)28(25,26)15(19,20)21;1-5-8-10(4,7-3)9-6-2/h1-6,22H;5-9H2,1-4H3/q;+1. The summed E-state index contributed by atoms with van der Waals surface area (Å²) in [7, 11) is -10.7. The molecular weight excluding hydrogens is 558 g/mol. The summed E-state index contributed by atoms with van der Waals surface area (Å²) in [6.07, 6.45) is 3.94. The molecule has 0 saturated heterocycles. The average Bonchev–Trinajstić information content (AvgIpc) is 3.17. The molecule has 2 aliphatic rings. The highest BCUT2D eigenvalue weighted by Gasteiger charge is 2.57. The van der Waals surface area contributed by atoms with Crippen LogP contribution in [0.5, 0.6) is 0 Å². The summed E-state index contributed by atoms with van der Waals surface area (Å²) >= 11 is 0. The number of fused-ring (bicyclic) bond motifs is 3. The molecule has 38 heavy (non-hydrogen) atoms. The monoisotopic (exact) mass is 587 g/mol. The molecule has 212 valence electrons. The molecule has 0 amide bonds. The number of hydrogen-bond donors (Lipinski definition) is 1. The van der Waals surface area contributed by atoms with Gasteiger partial charge >= 0.3 is 11.0 Å². The lowest BCUT2D eigenvalue weighted by molar-refractivity contribution is -0.907. The summed E-state index contributed by atoms with van der Waals surface area (Å²) in [5, 5.41) is 7.82. The van der Waals surface area contributed by atoms with E-state index in [-0.39, 0.29) is 22.8 Å². The molecule has 0 saturated carbocycles. The van der Waals surface area contributed by atoms with Crippen LogP contribution >= 0.6 is 0 Å². The molecule has 0 unspecified atom stereocenters. The molecular formula is C24H29F6N2O4S2+. The van der Waals surface area contributed by atoms with Gasteiger partial charge in [-0.2, -0.15) is 26.3 Å². The Morgan fingerprint density at radius 1 is 0.789 bits per heavy atom. The van der Waals surface area contributed by atoms with Gasteiger partial charge in [0.05, 0.1) is 37.3 Å². The van der Waals surface area contributed by atoms with Crippen LogP contribution < -0.4 is 0 Å². The molecule has 0 aliphatic heterocycles. The zero-order chi connectivity index (χ0) is 29.3. The van der Waals surface area contributed by atoms with E-state index in [1.165, 1.54) is 61.2 Å². The first kappa shape index (κ1) is 31.8. The molecule has 3 rings (SSSR count). The van der Waals surface area contributed by atoms with Gasteiger partial charge in [-0.05, 0) is 48.6 Å². The van der Waals surface area contributed by atoms with Crippen LogP contribution in [0.1, 0.15) is 44.7 Å². The van der Waals surface area contributed by atoms with Crippen LogP contribution in [0.3, 0.4) is 0 Å². The van der Waals surface area contributed by atoms with Gasteiger partial charge in [0.2, 0.25) is 0 Å². The molecule has 0 radical (unpaired) electrons. The Morgan fingerprint density at radius 2 is 1.29 bits per heavy atom. The Morgan fingerprint density at radius 3 is 1.74 bits per heavy atom. The minimum atomic E-state index is -6.58. The first-order chi connectivity index (χ1) is 17.3. The number of rotatable bonds is 7. The van der Waals surface area contributed by atoms with E-state index in [1.807, 2.05) is 0 Å². The van der Waals surface area contributed by atoms with Gasteiger partial charge in [-0.15, -0.1) is 0 Å². The normalized spacial score (nSPS) is 16.3. The second kappa shape index (κ2) is 11.0.